The molecule has 0 aliphatic rings. The first-order valence-electron chi connectivity index (χ1n) is 2.54. The van der Waals surface area contributed by atoms with Crippen molar-refractivity contribution in [1.82, 2.24) is 0 Å². The summed E-state index contributed by atoms with van der Waals surface area (Å²) >= 11 is 0. The lowest BCUT2D eigenvalue weighted by Crippen LogP contribution is -1.98. The minimum absolute atomic E-state index is 0.181. The van der Waals surface area contributed by atoms with Crippen molar-refractivity contribution in [1.29, 1.82) is 0 Å². The number of aliphatic hydroxyl groups excluding tert-OH is 1. The Morgan fingerprint density at radius 2 is 2.29 bits per heavy atom. The minimum atomic E-state index is 0.181. The van der Waals surface area contributed by atoms with Gasteiger partial charge in [0, 0.05) is 6.61 Å². The first kappa shape index (κ1) is 6.92. The van der Waals surface area contributed by atoms with Crippen LogP contribution in [-0.4, -0.2) is 18.3 Å². The lowest BCUT2D eigenvalue weighted by Gasteiger charge is -1.90. The number of aliphatic hydroxyl groups is 1. The van der Waals surface area contributed by atoms with Gasteiger partial charge in [0.2, 0.25) is 0 Å². The molecule has 43 valence electrons. The van der Waals surface area contributed by atoms with Crippen LogP contribution in [0, 0.1) is 6.42 Å². The van der Waals surface area contributed by atoms with Crippen molar-refractivity contribution in [3.8, 4) is 0 Å². The molecule has 0 atom stereocenters. The smallest absolute Gasteiger partial charge is 0.0462 e. The highest BCUT2D eigenvalue weighted by molar-refractivity contribution is 4.60. The summed E-state index contributed by atoms with van der Waals surface area (Å²) in [5, 5.41) is 8.20. The normalized spacial score (nSPS) is 9.43. The number of hydrogen-bond donors (Lipinski definition) is 2. The van der Waals surface area contributed by atoms with Crippen LogP contribution in [0.25, 0.3) is 0 Å². The molecule has 0 amide bonds. The van der Waals surface area contributed by atoms with Crippen LogP contribution in [0.5, 0.6) is 0 Å². The Morgan fingerprint density at radius 3 is 2.71 bits per heavy atom. The van der Waals surface area contributed by atoms with E-state index in [1.54, 1.807) is 0 Å². The molecule has 0 unspecified atom stereocenters. The van der Waals surface area contributed by atoms with Crippen LogP contribution in [0.2, 0.25) is 0 Å². The highest BCUT2D eigenvalue weighted by Gasteiger charge is 1.81. The maximum Gasteiger partial charge on any atom is 0.0462 e. The van der Waals surface area contributed by atoms with E-state index in [0.29, 0.717) is 0 Å². The van der Waals surface area contributed by atoms with E-state index in [-0.39, 0.29) is 6.61 Å². The molecule has 0 rings (SSSR count). The third-order valence-electron chi connectivity index (χ3n) is 0.741. The number of rotatable bonds is 4. The minimum Gasteiger partial charge on any atom is -0.396 e. The van der Waals surface area contributed by atoms with Gasteiger partial charge in [0.1, 0.15) is 0 Å². The van der Waals surface area contributed by atoms with Gasteiger partial charge in [-0.1, -0.05) is 0 Å². The zero-order valence-corrected chi connectivity index (χ0v) is 4.43. The van der Waals surface area contributed by atoms with Crippen molar-refractivity contribution in [2.45, 2.75) is 12.8 Å². The molecule has 0 saturated carbocycles. The van der Waals surface area contributed by atoms with Gasteiger partial charge in [0.15, 0.2) is 0 Å². The summed E-state index contributed by atoms with van der Waals surface area (Å²) in [5.41, 5.74) is 5.17. The van der Waals surface area contributed by atoms with Crippen LogP contribution in [0.3, 0.4) is 0 Å². The molecule has 2 heteroatoms. The first-order chi connectivity index (χ1) is 3.41. The van der Waals surface area contributed by atoms with Crippen molar-refractivity contribution in [3.63, 3.8) is 0 Å². The molecule has 0 aromatic heterocycles. The van der Waals surface area contributed by atoms with Crippen LogP contribution < -0.4 is 5.73 Å². The molecular formula is C5H12NO. The molecule has 0 aromatic rings. The van der Waals surface area contributed by atoms with Gasteiger partial charge < -0.3 is 10.8 Å². The molecule has 0 bridgehead atoms. The average molecular weight is 102 g/mol. The van der Waals surface area contributed by atoms with Gasteiger partial charge in [-0.2, -0.15) is 0 Å². The fourth-order valence-electron chi connectivity index (χ4n) is 0.353. The van der Waals surface area contributed by atoms with E-state index >= 15 is 0 Å². The van der Waals surface area contributed by atoms with Gasteiger partial charge in [0.05, 0.1) is 0 Å². The van der Waals surface area contributed by atoms with Crippen LogP contribution in [0.1, 0.15) is 12.8 Å². The summed E-state index contributed by atoms with van der Waals surface area (Å²) in [4.78, 5) is 0. The van der Waals surface area contributed by atoms with Crippen LogP contribution >= 0.6 is 0 Å². The van der Waals surface area contributed by atoms with Crippen molar-refractivity contribution in [2.24, 2.45) is 5.73 Å². The maximum atomic E-state index is 8.20. The lowest BCUT2D eigenvalue weighted by molar-refractivity contribution is 0.322. The molecule has 3 N–H and O–H groups in total. The molecule has 0 aromatic carbocycles. The average Bonchev–Trinajstić information content (AvgIpc) is 1.69. The van der Waals surface area contributed by atoms with E-state index in [2.05, 4.69) is 0 Å². The van der Waals surface area contributed by atoms with Crippen molar-refractivity contribution in [3.05, 3.63) is 6.42 Å². The summed E-state index contributed by atoms with van der Waals surface area (Å²) in [7, 11) is 0. The van der Waals surface area contributed by atoms with Gasteiger partial charge in [-0.15, -0.1) is 0 Å². The van der Waals surface area contributed by atoms with Crippen molar-refractivity contribution < 1.29 is 5.11 Å². The quantitative estimate of drug-likeness (QED) is 0.488. The van der Waals surface area contributed by atoms with Crippen molar-refractivity contribution >= 4 is 0 Å². The fourth-order valence-corrected chi connectivity index (χ4v) is 0.353. The third-order valence-corrected chi connectivity index (χ3v) is 0.741. The highest BCUT2D eigenvalue weighted by atomic mass is 16.2. The van der Waals surface area contributed by atoms with Crippen LogP contribution in [0.15, 0.2) is 0 Å². The Kier molecular flexibility index (Phi) is 5.85. The summed E-state index contributed by atoms with van der Waals surface area (Å²) in [6, 6.07) is 0. The maximum absolute atomic E-state index is 8.20. The summed E-state index contributed by atoms with van der Waals surface area (Å²) in [5.74, 6) is 0. The van der Waals surface area contributed by atoms with E-state index in [0.717, 1.165) is 19.4 Å². The fraction of sp³-hybridized carbons (Fsp3) is 0.800. The summed E-state index contributed by atoms with van der Waals surface area (Å²) < 4.78 is 0. The van der Waals surface area contributed by atoms with Crippen LogP contribution in [0.4, 0.5) is 0 Å². The molecule has 7 heavy (non-hydrogen) atoms. The Bertz CT molecular complexity index is 27.3. The summed E-state index contributed by atoms with van der Waals surface area (Å²) in [6.45, 7) is 0.899. The number of hydrogen-bond acceptors (Lipinski definition) is 2. The molecular weight excluding hydrogens is 90.1 g/mol. The van der Waals surface area contributed by atoms with E-state index in [4.69, 9.17) is 10.8 Å². The Labute approximate surface area is 44.3 Å². The topological polar surface area (TPSA) is 46.2 Å². The van der Waals surface area contributed by atoms with Gasteiger partial charge in [-0.05, 0) is 25.8 Å². The molecule has 0 aliphatic heterocycles. The van der Waals surface area contributed by atoms with E-state index in [1.165, 1.54) is 0 Å². The molecule has 1 radical (unpaired) electrons. The largest absolute Gasteiger partial charge is 0.396 e. The Hall–Kier alpha value is -0.0800. The first-order valence-corrected chi connectivity index (χ1v) is 2.54. The predicted molar refractivity (Wildman–Crippen MR) is 29.7 cm³/mol. The predicted octanol–water partition coefficient (Wildman–Crippen LogP) is -0.0781. The number of nitrogens with two attached hydrogens (primary N) is 1. The molecule has 0 saturated heterocycles. The standard InChI is InChI=1S/C5H12NO/c6-4-2-1-3-5-7/h3,7H,1-2,4-6H2. The van der Waals surface area contributed by atoms with Crippen molar-refractivity contribution in [2.75, 3.05) is 13.2 Å². The number of unbranched alkanes of at least 4 members (excludes halogenated alkanes) is 2. The Morgan fingerprint density at radius 1 is 1.57 bits per heavy atom. The molecule has 0 spiro atoms. The van der Waals surface area contributed by atoms with Gasteiger partial charge in [-0.3, -0.25) is 0 Å². The van der Waals surface area contributed by atoms with E-state index < -0.39 is 0 Å². The second-order valence-electron chi connectivity index (χ2n) is 1.40. The van der Waals surface area contributed by atoms with Gasteiger partial charge in [-0.25, -0.2) is 0 Å². The third kappa shape index (κ3) is 5.92. The zero-order valence-electron chi connectivity index (χ0n) is 4.43. The highest BCUT2D eigenvalue weighted by Crippen LogP contribution is 1.87. The summed E-state index contributed by atoms with van der Waals surface area (Å²) in [6.07, 6.45) is 3.74. The van der Waals surface area contributed by atoms with E-state index in [1.807, 2.05) is 6.42 Å². The SMILES string of the molecule is NCCC[CH]CO. The zero-order chi connectivity index (χ0) is 5.54. The monoisotopic (exact) mass is 102 g/mol. The Balaban J connectivity index is 2.45. The molecule has 0 fully saturated rings. The lowest BCUT2D eigenvalue weighted by atomic mass is 10.2. The second kappa shape index (κ2) is 5.92. The second-order valence-corrected chi connectivity index (χ2v) is 1.40. The van der Waals surface area contributed by atoms with E-state index in [9.17, 15) is 0 Å². The molecule has 2 nitrogen and oxygen atoms in total. The van der Waals surface area contributed by atoms with Crippen LogP contribution in [-0.2, 0) is 0 Å². The molecule has 0 heterocycles. The van der Waals surface area contributed by atoms with Gasteiger partial charge >= 0.3 is 0 Å². The van der Waals surface area contributed by atoms with Gasteiger partial charge in [0.25, 0.3) is 0 Å². The molecule has 0 aliphatic carbocycles.